The van der Waals surface area contributed by atoms with Crippen molar-refractivity contribution < 1.29 is 9.26 Å². The third-order valence-electron chi connectivity index (χ3n) is 4.15. The molecule has 7 heteroatoms. The van der Waals surface area contributed by atoms with E-state index >= 15 is 0 Å². The van der Waals surface area contributed by atoms with Gasteiger partial charge in [-0.05, 0) is 33.2 Å². The maximum Gasteiger partial charge on any atom is 0.226 e. The normalized spacial score (nSPS) is 20.2. The number of hydrogen-bond donors (Lipinski definition) is 0. The van der Waals surface area contributed by atoms with Gasteiger partial charge in [-0.1, -0.05) is 12.1 Å². The number of aromatic nitrogens is 3. The first-order chi connectivity index (χ1) is 11.2. The molecule has 1 aliphatic heterocycles. The Labute approximate surface area is 140 Å². The predicted octanol–water partition coefficient (Wildman–Crippen LogP) is 3.52. The van der Waals surface area contributed by atoms with Gasteiger partial charge in [0.05, 0.1) is 11.7 Å². The molecule has 3 heterocycles. The molecule has 1 aliphatic rings. The zero-order valence-electron chi connectivity index (χ0n) is 14.0. The molecule has 3 rings (SSSR count). The number of hydrogen-bond acceptors (Lipinski definition) is 7. The van der Waals surface area contributed by atoms with Crippen LogP contribution in [0.5, 0.6) is 0 Å². The van der Waals surface area contributed by atoms with Gasteiger partial charge in [-0.3, -0.25) is 4.90 Å². The van der Waals surface area contributed by atoms with E-state index in [1.54, 1.807) is 11.3 Å². The van der Waals surface area contributed by atoms with Gasteiger partial charge in [0.15, 0.2) is 5.82 Å². The molecule has 0 radical (unpaired) electrons. The van der Waals surface area contributed by atoms with Crippen LogP contribution in [0.15, 0.2) is 9.90 Å². The number of nitrogens with zero attached hydrogens (tertiary/aromatic N) is 4. The van der Waals surface area contributed by atoms with Gasteiger partial charge in [0, 0.05) is 25.0 Å². The molecule has 126 valence electrons. The SMILES string of the molecule is CCO[C@H](C)c1nc(CN2CCC[C@H]2c2noc(CC)n2)cs1. The summed E-state index contributed by atoms with van der Waals surface area (Å²) >= 11 is 1.67. The summed E-state index contributed by atoms with van der Waals surface area (Å²) in [6.45, 7) is 8.68. The van der Waals surface area contributed by atoms with Crippen LogP contribution in [0.25, 0.3) is 0 Å². The highest BCUT2D eigenvalue weighted by atomic mass is 32.1. The highest BCUT2D eigenvalue weighted by molar-refractivity contribution is 7.09. The Kier molecular flexibility index (Phi) is 5.40. The Morgan fingerprint density at radius 1 is 1.43 bits per heavy atom. The van der Waals surface area contributed by atoms with Crippen molar-refractivity contribution >= 4 is 11.3 Å². The molecule has 2 aromatic heterocycles. The van der Waals surface area contributed by atoms with Crippen LogP contribution in [-0.2, 0) is 17.7 Å². The van der Waals surface area contributed by atoms with Crippen LogP contribution in [0.2, 0.25) is 0 Å². The summed E-state index contributed by atoms with van der Waals surface area (Å²) in [7, 11) is 0. The van der Waals surface area contributed by atoms with Crippen molar-refractivity contribution in [3.8, 4) is 0 Å². The van der Waals surface area contributed by atoms with Crippen molar-refractivity contribution in [2.45, 2.75) is 58.7 Å². The molecule has 0 aromatic carbocycles. The zero-order valence-corrected chi connectivity index (χ0v) is 14.8. The van der Waals surface area contributed by atoms with Crippen molar-refractivity contribution in [1.82, 2.24) is 20.0 Å². The number of rotatable bonds is 7. The molecule has 1 saturated heterocycles. The second kappa shape index (κ2) is 7.51. The van der Waals surface area contributed by atoms with Gasteiger partial charge in [-0.15, -0.1) is 11.3 Å². The van der Waals surface area contributed by atoms with E-state index in [1.807, 2.05) is 13.8 Å². The summed E-state index contributed by atoms with van der Waals surface area (Å²) < 4.78 is 10.9. The fourth-order valence-electron chi connectivity index (χ4n) is 2.97. The summed E-state index contributed by atoms with van der Waals surface area (Å²) in [6.07, 6.45) is 3.09. The zero-order chi connectivity index (χ0) is 16.2. The monoisotopic (exact) mass is 336 g/mol. The van der Waals surface area contributed by atoms with Crippen molar-refractivity contribution in [2.75, 3.05) is 13.2 Å². The predicted molar refractivity (Wildman–Crippen MR) is 88.2 cm³/mol. The van der Waals surface area contributed by atoms with E-state index in [1.165, 1.54) is 0 Å². The topological polar surface area (TPSA) is 64.3 Å². The van der Waals surface area contributed by atoms with E-state index < -0.39 is 0 Å². The maximum absolute atomic E-state index is 5.62. The van der Waals surface area contributed by atoms with Crippen molar-refractivity contribution in [3.05, 3.63) is 27.8 Å². The van der Waals surface area contributed by atoms with Gasteiger partial charge in [-0.2, -0.15) is 4.98 Å². The molecule has 2 aromatic rings. The lowest BCUT2D eigenvalue weighted by Crippen LogP contribution is -2.23. The molecule has 0 bridgehead atoms. The molecule has 0 unspecified atom stereocenters. The lowest BCUT2D eigenvalue weighted by atomic mass is 10.2. The van der Waals surface area contributed by atoms with E-state index in [4.69, 9.17) is 14.2 Å². The standard InChI is InChI=1S/C16H24N4O2S/c1-4-14-18-15(19-22-14)13-7-6-8-20(13)9-12-10-23-16(17-12)11(3)21-5-2/h10-11,13H,4-9H2,1-3H3/t11-,13+/m1/s1. The highest BCUT2D eigenvalue weighted by Gasteiger charge is 2.30. The summed E-state index contributed by atoms with van der Waals surface area (Å²) in [4.78, 5) is 11.6. The van der Waals surface area contributed by atoms with Gasteiger partial charge < -0.3 is 9.26 Å². The lowest BCUT2D eigenvalue weighted by Gasteiger charge is -2.20. The Bertz CT molecular complexity index is 627. The number of ether oxygens (including phenoxy) is 1. The second-order valence-electron chi connectivity index (χ2n) is 5.80. The van der Waals surface area contributed by atoms with Crippen molar-refractivity contribution in [2.24, 2.45) is 0 Å². The number of thiazole rings is 1. The van der Waals surface area contributed by atoms with Gasteiger partial charge in [0.25, 0.3) is 0 Å². The summed E-state index contributed by atoms with van der Waals surface area (Å²) in [5.41, 5.74) is 1.10. The second-order valence-corrected chi connectivity index (χ2v) is 6.69. The molecule has 0 amide bonds. The lowest BCUT2D eigenvalue weighted by molar-refractivity contribution is 0.0760. The fourth-order valence-corrected chi connectivity index (χ4v) is 3.78. The van der Waals surface area contributed by atoms with E-state index in [0.717, 1.165) is 48.9 Å². The molecule has 0 spiro atoms. The molecule has 1 fully saturated rings. The van der Waals surface area contributed by atoms with E-state index in [0.29, 0.717) is 12.5 Å². The molecule has 0 saturated carbocycles. The average molecular weight is 336 g/mol. The smallest absolute Gasteiger partial charge is 0.226 e. The van der Waals surface area contributed by atoms with Gasteiger partial charge in [0.2, 0.25) is 5.89 Å². The first-order valence-electron chi connectivity index (χ1n) is 8.33. The minimum atomic E-state index is 0.0671. The Hall–Kier alpha value is -1.31. The van der Waals surface area contributed by atoms with Crippen LogP contribution in [-0.4, -0.2) is 33.2 Å². The third-order valence-corrected chi connectivity index (χ3v) is 5.20. The molecule has 0 N–H and O–H groups in total. The minimum absolute atomic E-state index is 0.0671. The van der Waals surface area contributed by atoms with Crippen LogP contribution >= 0.6 is 11.3 Å². The molecular weight excluding hydrogens is 312 g/mol. The van der Waals surface area contributed by atoms with Crippen LogP contribution in [0.1, 0.15) is 68.2 Å². The van der Waals surface area contributed by atoms with Crippen LogP contribution in [0.3, 0.4) is 0 Å². The average Bonchev–Trinajstić information content (AvgIpc) is 3.27. The van der Waals surface area contributed by atoms with Crippen LogP contribution < -0.4 is 0 Å². The quantitative estimate of drug-likeness (QED) is 0.771. The molecule has 6 nitrogen and oxygen atoms in total. The summed E-state index contributed by atoms with van der Waals surface area (Å²) in [5, 5.41) is 7.33. The largest absolute Gasteiger partial charge is 0.372 e. The Morgan fingerprint density at radius 2 is 2.30 bits per heavy atom. The van der Waals surface area contributed by atoms with Crippen molar-refractivity contribution in [3.63, 3.8) is 0 Å². The molecule has 0 aliphatic carbocycles. The Balaban J connectivity index is 1.66. The first kappa shape index (κ1) is 16.5. The van der Waals surface area contributed by atoms with Gasteiger partial charge in [-0.25, -0.2) is 4.98 Å². The third kappa shape index (κ3) is 3.79. The maximum atomic E-state index is 5.62. The summed E-state index contributed by atoms with van der Waals surface area (Å²) in [6, 6.07) is 0.244. The summed E-state index contributed by atoms with van der Waals surface area (Å²) in [5.74, 6) is 1.53. The van der Waals surface area contributed by atoms with E-state index in [2.05, 4.69) is 27.3 Å². The number of likely N-dealkylation sites (tertiary alicyclic amines) is 1. The molecular formula is C16H24N4O2S. The van der Waals surface area contributed by atoms with E-state index in [9.17, 15) is 0 Å². The van der Waals surface area contributed by atoms with Crippen molar-refractivity contribution in [1.29, 1.82) is 0 Å². The molecule has 2 atom stereocenters. The highest BCUT2D eigenvalue weighted by Crippen LogP contribution is 2.32. The Morgan fingerprint density at radius 3 is 3.04 bits per heavy atom. The first-order valence-corrected chi connectivity index (χ1v) is 9.21. The van der Waals surface area contributed by atoms with Gasteiger partial charge in [0.1, 0.15) is 11.1 Å². The number of aryl methyl sites for hydroxylation is 1. The van der Waals surface area contributed by atoms with E-state index in [-0.39, 0.29) is 12.1 Å². The molecule has 23 heavy (non-hydrogen) atoms. The van der Waals surface area contributed by atoms with Gasteiger partial charge >= 0.3 is 0 Å². The van der Waals surface area contributed by atoms with Crippen LogP contribution in [0, 0.1) is 0 Å². The minimum Gasteiger partial charge on any atom is -0.372 e. The van der Waals surface area contributed by atoms with Crippen LogP contribution in [0.4, 0.5) is 0 Å². The fraction of sp³-hybridized carbons (Fsp3) is 0.688.